The number of halogens is 1. The molecule has 0 heterocycles. The van der Waals surface area contributed by atoms with Gasteiger partial charge in [-0.05, 0) is 41.1 Å². The molecule has 0 spiro atoms. The summed E-state index contributed by atoms with van der Waals surface area (Å²) in [6, 6.07) is 24.1. The smallest absolute Gasteiger partial charge is 0.293 e. The first-order valence-corrected chi connectivity index (χ1v) is 11.6. The van der Waals surface area contributed by atoms with E-state index in [1.165, 1.54) is 0 Å². The molecular formula is C23H27ClNO3P. The summed E-state index contributed by atoms with van der Waals surface area (Å²) >= 11 is 6.29. The number of hydrogen-bond acceptors (Lipinski definition) is 4. The predicted molar refractivity (Wildman–Crippen MR) is 122 cm³/mol. The van der Waals surface area contributed by atoms with E-state index in [2.05, 4.69) is 48.8 Å². The minimum atomic E-state index is -1.18. The maximum absolute atomic E-state index is 9.76. The van der Waals surface area contributed by atoms with Crippen LogP contribution in [-0.4, -0.2) is 12.5 Å². The molecule has 0 amide bonds. The highest BCUT2D eigenvalue weighted by atomic mass is 35.7. The van der Waals surface area contributed by atoms with Crippen LogP contribution in [0, 0.1) is 5.92 Å². The topological polar surface area (TPSA) is 47.6 Å². The van der Waals surface area contributed by atoms with Crippen LogP contribution in [0.15, 0.2) is 72.8 Å². The Morgan fingerprint density at radius 1 is 0.966 bits per heavy atom. The van der Waals surface area contributed by atoms with Gasteiger partial charge in [0.15, 0.2) is 0 Å². The molecule has 0 aromatic heterocycles. The monoisotopic (exact) mass is 431 g/mol. The lowest BCUT2D eigenvalue weighted by Gasteiger charge is -2.21. The van der Waals surface area contributed by atoms with Crippen molar-refractivity contribution in [3.63, 3.8) is 0 Å². The molecule has 154 valence electrons. The zero-order valence-corrected chi connectivity index (χ0v) is 18.6. The van der Waals surface area contributed by atoms with E-state index < -0.39 is 7.65 Å². The van der Waals surface area contributed by atoms with E-state index in [1.807, 2.05) is 54.6 Å². The van der Waals surface area contributed by atoms with E-state index >= 15 is 0 Å². The second-order valence-corrected chi connectivity index (χ2v) is 8.72. The Balaban J connectivity index is 0.000000253. The summed E-state index contributed by atoms with van der Waals surface area (Å²) in [4.78, 5) is 9.76. The highest BCUT2D eigenvalue weighted by Gasteiger charge is 2.15. The second-order valence-electron chi connectivity index (χ2n) is 6.87. The molecule has 3 aromatic rings. The molecule has 0 bridgehead atoms. The molecule has 0 fully saturated rings. The average molecular weight is 432 g/mol. The van der Waals surface area contributed by atoms with Gasteiger partial charge in [0.25, 0.3) is 14.1 Å². The standard InChI is InChI=1S/C15H19ClNOP.C8H8O2/c1-11(2)12(3)17-19(16)18-15-10-6-8-13-7-4-5-9-14(13)15;9-7-10-6-8-4-2-1-3-5-8/h4-12,17H,1-3H3;1-5,7H,6H2. The predicted octanol–water partition coefficient (Wildman–Crippen LogP) is 6.68. The molecule has 2 unspecified atom stereocenters. The van der Waals surface area contributed by atoms with E-state index in [-0.39, 0.29) is 0 Å². The number of rotatable bonds is 8. The van der Waals surface area contributed by atoms with Gasteiger partial charge >= 0.3 is 0 Å². The van der Waals surface area contributed by atoms with Gasteiger partial charge in [-0.2, -0.15) is 0 Å². The summed E-state index contributed by atoms with van der Waals surface area (Å²) < 4.78 is 10.4. The Kier molecular flexibility index (Phi) is 9.93. The molecule has 6 heteroatoms. The van der Waals surface area contributed by atoms with Crippen LogP contribution in [0.5, 0.6) is 5.75 Å². The molecule has 0 saturated heterocycles. The Bertz CT molecular complexity index is 871. The maximum Gasteiger partial charge on any atom is 0.293 e. The normalized spacial score (nSPS) is 12.6. The van der Waals surface area contributed by atoms with Crippen LogP contribution in [0.1, 0.15) is 26.3 Å². The van der Waals surface area contributed by atoms with Crippen LogP contribution < -0.4 is 9.61 Å². The fourth-order valence-corrected chi connectivity index (χ4v) is 4.09. The van der Waals surface area contributed by atoms with Crippen LogP contribution in [0.25, 0.3) is 10.8 Å². The molecular weight excluding hydrogens is 405 g/mol. The van der Waals surface area contributed by atoms with Gasteiger partial charge in [-0.3, -0.25) is 4.79 Å². The van der Waals surface area contributed by atoms with Crippen molar-refractivity contribution in [1.82, 2.24) is 5.09 Å². The molecule has 0 aliphatic heterocycles. The van der Waals surface area contributed by atoms with Gasteiger partial charge in [0.05, 0.1) is 0 Å². The van der Waals surface area contributed by atoms with E-state index in [4.69, 9.17) is 15.8 Å². The van der Waals surface area contributed by atoms with Crippen molar-refractivity contribution in [2.24, 2.45) is 5.92 Å². The molecule has 0 saturated carbocycles. The molecule has 3 rings (SSSR count). The van der Waals surface area contributed by atoms with Gasteiger partial charge in [-0.1, -0.05) is 80.6 Å². The fourth-order valence-electron chi connectivity index (χ4n) is 2.40. The Morgan fingerprint density at radius 2 is 1.62 bits per heavy atom. The number of carbonyl (C=O) groups excluding carboxylic acids is 1. The SMILES string of the molecule is CC(C)C(C)NP(Cl)Oc1cccc2ccccc12.O=COCc1ccccc1. The summed E-state index contributed by atoms with van der Waals surface area (Å²) in [5.41, 5.74) is 1.01. The minimum absolute atomic E-state index is 0.332. The lowest BCUT2D eigenvalue weighted by molar-refractivity contribution is -0.129. The zero-order valence-electron chi connectivity index (χ0n) is 16.9. The number of carbonyl (C=O) groups is 1. The van der Waals surface area contributed by atoms with Crippen LogP contribution >= 0.6 is 18.9 Å². The lowest BCUT2D eigenvalue weighted by Crippen LogP contribution is -2.26. The van der Waals surface area contributed by atoms with Gasteiger partial charge < -0.3 is 9.26 Å². The first kappa shape index (κ1) is 23.2. The summed E-state index contributed by atoms with van der Waals surface area (Å²) in [5.74, 6) is 1.36. The third kappa shape index (κ3) is 8.02. The summed E-state index contributed by atoms with van der Waals surface area (Å²) in [7, 11) is -1.18. The number of nitrogens with one attached hydrogen (secondary N) is 1. The first-order chi connectivity index (χ1) is 14.0. The van der Waals surface area contributed by atoms with Crippen molar-refractivity contribution in [3.8, 4) is 5.75 Å². The van der Waals surface area contributed by atoms with Crippen molar-refractivity contribution in [2.45, 2.75) is 33.4 Å². The van der Waals surface area contributed by atoms with Gasteiger partial charge in [0.2, 0.25) is 0 Å². The average Bonchev–Trinajstić information content (AvgIpc) is 2.73. The molecule has 0 radical (unpaired) electrons. The first-order valence-electron chi connectivity index (χ1n) is 9.48. The Labute approximate surface area is 178 Å². The zero-order chi connectivity index (χ0) is 21.1. The summed E-state index contributed by atoms with van der Waals surface area (Å²) in [6.45, 7) is 7.26. The van der Waals surface area contributed by atoms with E-state index in [1.54, 1.807) is 0 Å². The third-order valence-electron chi connectivity index (χ3n) is 4.39. The van der Waals surface area contributed by atoms with Gasteiger partial charge in [-0.25, -0.2) is 5.09 Å². The molecule has 3 aromatic carbocycles. The van der Waals surface area contributed by atoms with Crippen LogP contribution in [-0.2, 0) is 16.1 Å². The third-order valence-corrected chi connectivity index (χ3v) is 5.86. The van der Waals surface area contributed by atoms with Crippen molar-refractivity contribution in [3.05, 3.63) is 78.4 Å². The fraction of sp³-hybridized carbons (Fsp3) is 0.261. The highest BCUT2D eigenvalue weighted by Crippen LogP contribution is 2.42. The van der Waals surface area contributed by atoms with Gasteiger partial charge in [0, 0.05) is 11.4 Å². The molecule has 0 aliphatic carbocycles. The van der Waals surface area contributed by atoms with Crippen molar-refractivity contribution in [1.29, 1.82) is 0 Å². The second kappa shape index (κ2) is 12.4. The van der Waals surface area contributed by atoms with Crippen LogP contribution in [0.4, 0.5) is 0 Å². The summed E-state index contributed by atoms with van der Waals surface area (Å²) in [5, 5.41) is 5.56. The van der Waals surface area contributed by atoms with Crippen LogP contribution in [0.3, 0.4) is 0 Å². The van der Waals surface area contributed by atoms with Crippen LogP contribution in [0.2, 0.25) is 0 Å². The molecule has 2 atom stereocenters. The van der Waals surface area contributed by atoms with Gasteiger partial charge in [-0.15, -0.1) is 0 Å². The van der Waals surface area contributed by atoms with Crippen molar-refractivity contribution < 1.29 is 14.1 Å². The van der Waals surface area contributed by atoms with Gasteiger partial charge in [0.1, 0.15) is 12.4 Å². The quantitative estimate of drug-likeness (QED) is 0.319. The van der Waals surface area contributed by atoms with E-state index in [0.29, 0.717) is 25.0 Å². The number of ether oxygens (including phenoxy) is 1. The van der Waals surface area contributed by atoms with Crippen molar-refractivity contribution in [2.75, 3.05) is 0 Å². The maximum atomic E-state index is 9.76. The molecule has 0 aliphatic rings. The Morgan fingerprint density at radius 3 is 2.31 bits per heavy atom. The highest BCUT2D eigenvalue weighted by molar-refractivity contribution is 7.78. The van der Waals surface area contributed by atoms with E-state index in [9.17, 15) is 4.79 Å². The summed E-state index contributed by atoms with van der Waals surface area (Å²) in [6.07, 6.45) is 0. The molecule has 4 nitrogen and oxygen atoms in total. The lowest BCUT2D eigenvalue weighted by atomic mass is 10.1. The number of hydrogen-bond donors (Lipinski definition) is 1. The largest absolute Gasteiger partial charge is 0.463 e. The Hall–Kier alpha value is -2.13. The molecule has 29 heavy (non-hydrogen) atoms. The molecule has 1 N–H and O–H groups in total. The minimum Gasteiger partial charge on any atom is -0.463 e. The van der Waals surface area contributed by atoms with E-state index in [0.717, 1.165) is 22.1 Å². The number of fused-ring (bicyclic) bond motifs is 1. The number of benzene rings is 3. The van der Waals surface area contributed by atoms with Crippen molar-refractivity contribution >= 4 is 36.1 Å².